The van der Waals surface area contributed by atoms with E-state index in [1.165, 1.54) is 22.3 Å². The highest BCUT2D eigenvalue weighted by molar-refractivity contribution is 5.68. The van der Waals surface area contributed by atoms with Crippen LogP contribution >= 0.6 is 0 Å². The minimum absolute atomic E-state index is 0.143. The summed E-state index contributed by atoms with van der Waals surface area (Å²) in [6.45, 7) is 8.71. The number of carbonyl (C=O) groups excluding carboxylic acids is 1. The van der Waals surface area contributed by atoms with Crippen molar-refractivity contribution in [1.82, 2.24) is 0 Å². The molecule has 1 atom stereocenters. The molecular formula is C22H27NO2. The molecule has 0 heterocycles. The fourth-order valence-electron chi connectivity index (χ4n) is 3.89. The standard InChI is InChI=1S/C22H27NO2/c1-14(2)10-15-6-5-7-16(11-15)17-8-9-19-18(12-17)13-22(3,4)20(19)25-21(23)24/h5-9,11-12,14,20H,10,13H2,1-4H3,(H2,23,24). The Labute approximate surface area is 150 Å². The molecule has 3 heteroatoms. The number of carbonyl (C=O) groups is 1. The Bertz CT molecular complexity index is 792. The lowest BCUT2D eigenvalue weighted by molar-refractivity contribution is 0.0392. The van der Waals surface area contributed by atoms with Crippen molar-refractivity contribution in [2.45, 2.75) is 46.6 Å². The van der Waals surface area contributed by atoms with Crippen LogP contribution in [0.5, 0.6) is 0 Å². The Balaban J connectivity index is 1.94. The van der Waals surface area contributed by atoms with E-state index in [0.29, 0.717) is 5.92 Å². The molecule has 2 N–H and O–H groups in total. The largest absolute Gasteiger partial charge is 0.441 e. The van der Waals surface area contributed by atoms with Gasteiger partial charge >= 0.3 is 6.09 Å². The van der Waals surface area contributed by atoms with Crippen molar-refractivity contribution >= 4 is 6.09 Å². The molecule has 1 unspecified atom stereocenters. The number of fused-ring (bicyclic) bond motifs is 1. The van der Waals surface area contributed by atoms with E-state index in [9.17, 15) is 4.79 Å². The molecule has 0 bridgehead atoms. The van der Waals surface area contributed by atoms with Gasteiger partial charge in [-0.2, -0.15) is 0 Å². The summed E-state index contributed by atoms with van der Waals surface area (Å²) in [5.74, 6) is 0.641. The van der Waals surface area contributed by atoms with E-state index >= 15 is 0 Å². The van der Waals surface area contributed by atoms with Gasteiger partial charge in [0.15, 0.2) is 0 Å². The first-order valence-corrected chi connectivity index (χ1v) is 8.94. The van der Waals surface area contributed by atoms with Crippen molar-refractivity contribution < 1.29 is 9.53 Å². The molecule has 3 rings (SSSR count). The van der Waals surface area contributed by atoms with Gasteiger partial charge in [0.1, 0.15) is 6.10 Å². The summed E-state index contributed by atoms with van der Waals surface area (Å²) in [4.78, 5) is 11.3. The molecule has 0 saturated heterocycles. The summed E-state index contributed by atoms with van der Waals surface area (Å²) in [6, 6.07) is 15.2. The zero-order valence-electron chi connectivity index (χ0n) is 15.5. The molecule has 132 valence electrons. The van der Waals surface area contributed by atoms with Crippen LogP contribution in [0.4, 0.5) is 4.79 Å². The van der Waals surface area contributed by atoms with Crippen molar-refractivity contribution in [3.8, 4) is 11.1 Å². The molecule has 2 aromatic rings. The maximum atomic E-state index is 11.3. The zero-order chi connectivity index (χ0) is 18.2. The van der Waals surface area contributed by atoms with Crippen LogP contribution in [0.15, 0.2) is 42.5 Å². The first kappa shape index (κ1) is 17.5. The molecule has 0 aliphatic heterocycles. The summed E-state index contributed by atoms with van der Waals surface area (Å²) in [7, 11) is 0. The lowest BCUT2D eigenvalue weighted by Gasteiger charge is -2.26. The van der Waals surface area contributed by atoms with E-state index in [-0.39, 0.29) is 11.5 Å². The van der Waals surface area contributed by atoms with Gasteiger partial charge in [0, 0.05) is 5.41 Å². The van der Waals surface area contributed by atoms with Crippen LogP contribution in [0.1, 0.15) is 50.5 Å². The molecule has 1 amide bonds. The van der Waals surface area contributed by atoms with Crippen molar-refractivity contribution in [2.75, 3.05) is 0 Å². The quantitative estimate of drug-likeness (QED) is 0.826. The van der Waals surface area contributed by atoms with Crippen LogP contribution in [0.2, 0.25) is 0 Å². The number of hydrogen-bond donors (Lipinski definition) is 1. The topological polar surface area (TPSA) is 52.3 Å². The monoisotopic (exact) mass is 337 g/mol. The molecule has 25 heavy (non-hydrogen) atoms. The first-order valence-electron chi connectivity index (χ1n) is 8.94. The van der Waals surface area contributed by atoms with E-state index in [1.54, 1.807) is 0 Å². The third kappa shape index (κ3) is 3.71. The molecule has 0 fully saturated rings. The third-order valence-corrected chi connectivity index (χ3v) is 4.92. The van der Waals surface area contributed by atoms with Crippen molar-refractivity contribution in [2.24, 2.45) is 17.1 Å². The molecule has 0 saturated carbocycles. The van der Waals surface area contributed by atoms with Crippen LogP contribution in [-0.2, 0) is 17.6 Å². The van der Waals surface area contributed by atoms with E-state index in [1.807, 2.05) is 0 Å². The Morgan fingerprint density at radius 2 is 1.92 bits per heavy atom. The van der Waals surface area contributed by atoms with Crippen LogP contribution in [0.25, 0.3) is 11.1 Å². The number of benzene rings is 2. The fraction of sp³-hybridized carbons (Fsp3) is 0.409. The van der Waals surface area contributed by atoms with Gasteiger partial charge in [0.25, 0.3) is 0 Å². The molecule has 3 nitrogen and oxygen atoms in total. The van der Waals surface area contributed by atoms with Gasteiger partial charge in [-0.3, -0.25) is 0 Å². The predicted octanol–water partition coefficient (Wildman–Crippen LogP) is 5.27. The van der Waals surface area contributed by atoms with Crippen molar-refractivity contribution in [1.29, 1.82) is 0 Å². The lowest BCUT2D eigenvalue weighted by Crippen LogP contribution is -2.25. The number of rotatable bonds is 4. The smallest absolute Gasteiger partial charge is 0.405 e. The van der Waals surface area contributed by atoms with Crippen molar-refractivity contribution in [3.05, 3.63) is 59.2 Å². The Kier molecular flexibility index (Phi) is 4.59. The van der Waals surface area contributed by atoms with E-state index < -0.39 is 6.09 Å². The number of primary amides is 1. The second kappa shape index (κ2) is 6.55. The minimum atomic E-state index is -0.712. The summed E-state index contributed by atoms with van der Waals surface area (Å²) in [5, 5.41) is 0. The summed E-state index contributed by atoms with van der Waals surface area (Å²) in [5.41, 5.74) is 11.2. The molecule has 0 radical (unpaired) electrons. The van der Waals surface area contributed by atoms with E-state index in [4.69, 9.17) is 10.5 Å². The van der Waals surface area contributed by atoms with Gasteiger partial charge in [0.05, 0.1) is 0 Å². The Morgan fingerprint density at radius 1 is 1.20 bits per heavy atom. The van der Waals surface area contributed by atoms with Gasteiger partial charge in [0.2, 0.25) is 0 Å². The number of amides is 1. The number of nitrogens with two attached hydrogens (primary N) is 1. The number of ether oxygens (including phenoxy) is 1. The molecule has 1 aliphatic rings. The molecule has 0 aromatic heterocycles. The molecule has 2 aromatic carbocycles. The first-order chi connectivity index (χ1) is 11.8. The summed E-state index contributed by atoms with van der Waals surface area (Å²) in [6.07, 6.45) is 0.970. The molecule has 0 spiro atoms. The zero-order valence-corrected chi connectivity index (χ0v) is 15.5. The minimum Gasteiger partial charge on any atom is -0.441 e. The van der Waals surface area contributed by atoms with Gasteiger partial charge in [-0.1, -0.05) is 70.2 Å². The lowest BCUT2D eigenvalue weighted by atomic mass is 9.87. The maximum absolute atomic E-state index is 11.3. The highest BCUT2D eigenvalue weighted by atomic mass is 16.6. The van der Waals surface area contributed by atoms with Gasteiger partial charge in [-0.15, -0.1) is 0 Å². The molecule has 1 aliphatic carbocycles. The van der Waals surface area contributed by atoms with Gasteiger partial charge in [-0.25, -0.2) is 4.79 Å². The van der Waals surface area contributed by atoms with E-state index in [0.717, 1.165) is 18.4 Å². The van der Waals surface area contributed by atoms with E-state index in [2.05, 4.69) is 70.2 Å². The summed E-state index contributed by atoms with van der Waals surface area (Å²) >= 11 is 0. The SMILES string of the molecule is CC(C)Cc1cccc(-c2ccc3c(c2)CC(C)(C)C3OC(N)=O)c1. The maximum Gasteiger partial charge on any atom is 0.405 e. The average molecular weight is 337 g/mol. The highest BCUT2D eigenvalue weighted by Crippen LogP contribution is 2.48. The fourth-order valence-corrected chi connectivity index (χ4v) is 3.89. The predicted molar refractivity (Wildman–Crippen MR) is 101 cm³/mol. The molecular weight excluding hydrogens is 310 g/mol. The van der Waals surface area contributed by atoms with Crippen LogP contribution in [-0.4, -0.2) is 6.09 Å². The van der Waals surface area contributed by atoms with Crippen molar-refractivity contribution in [3.63, 3.8) is 0 Å². The average Bonchev–Trinajstić information content (AvgIpc) is 2.76. The van der Waals surface area contributed by atoms with Gasteiger partial charge < -0.3 is 10.5 Å². The van der Waals surface area contributed by atoms with Gasteiger partial charge in [-0.05, 0) is 46.6 Å². The Hall–Kier alpha value is -2.29. The third-order valence-electron chi connectivity index (χ3n) is 4.92. The van der Waals surface area contributed by atoms with Crippen LogP contribution in [0.3, 0.4) is 0 Å². The summed E-state index contributed by atoms with van der Waals surface area (Å²) < 4.78 is 5.40. The second-order valence-corrected chi connectivity index (χ2v) is 8.19. The Morgan fingerprint density at radius 3 is 2.60 bits per heavy atom. The number of hydrogen-bond acceptors (Lipinski definition) is 2. The normalized spacial score (nSPS) is 18.2. The van der Waals surface area contributed by atoms with Crippen LogP contribution < -0.4 is 5.73 Å². The van der Waals surface area contributed by atoms with Crippen LogP contribution in [0, 0.1) is 11.3 Å². The second-order valence-electron chi connectivity index (χ2n) is 8.19. The highest BCUT2D eigenvalue weighted by Gasteiger charge is 2.41.